The molecular formula is C32H32N10O2. The number of fused-ring (bicyclic) bond motifs is 1. The van der Waals surface area contributed by atoms with Gasteiger partial charge >= 0.3 is 0 Å². The summed E-state index contributed by atoms with van der Waals surface area (Å²) in [5, 5.41) is 22.4. The average molecular weight is 589 g/mol. The van der Waals surface area contributed by atoms with E-state index in [9.17, 15) is 10.1 Å². The Bertz CT molecular complexity index is 1820. The minimum atomic E-state index is 0.205. The highest BCUT2D eigenvalue weighted by molar-refractivity contribution is 5.83. The molecule has 2 fully saturated rings. The molecule has 1 aliphatic carbocycles. The number of methoxy groups -OCH3 is 1. The Hall–Kier alpha value is -5.31. The van der Waals surface area contributed by atoms with Gasteiger partial charge in [-0.05, 0) is 43.9 Å². The van der Waals surface area contributed by atoms with Crippen LogP contribution in [0.1, 0.15) is 50.1 Å². The Kier molecular flexibility index (Phi) is 7.35. The van der Waals surface area contributed by atoms with Crippen LogP contribution < -0.4 is 15.0 Å². The Balaban J connectivity index is 1.10. The van der Waals surface area contributed by atoms with Crippen LogP contribution in [-0.2, 0) is 4.79 Å². The van der Waals surface area contributed by atoms with Gasteiger partial charge in [-0.15, -0.1) is 0 Å². The minimum Gasteiger partial charge on any atom is -0.481 e. The van der Waals surface area contributed by atoms with Crippen molar-refractivity contribution in [1.82, 2.24) is 34.3 Å². The van der Waals surface area contributed by atoms with Gasteiger partial charge in [0.2, 0.25) is 5.88 Å². The standard InChI is InChI=1S/C32H32N10O2/c1-44-30-9-3-25(18-35-30)38-24-10-12-40(13-11-24)29-8-2-21(15-34-29)31-32-22(14-33)16-37-42(32)20-28(39-31)23-17-36-41(19-23)26-4-6-27(43)7-5-26/h2-3,8-9,15-20,24,26,38H,4-7,10-13H2,1H3. The van der Waals surface area contributed by atoms with Gasteiger partial charge in [0.1, 0.15) is 28.8 Å². The predicted octanol–water partition coefficient (Wildman–Crippen LogP) is 4.70. The van der Waals surface area contributed by atoms with Crippen molar-refractivity contribution in [2.75, 3.05) is 30.4 Å². The number of aromatic nitrogens is 7. The van der Waals surface area contributed by atoms with E-state index in [-0.39, 0.29) is 6.04 Å². The molecule has 5 aromatic rings. The fraction of sp³-hybridized carbons (Fsp3) is 0.344. The molecule has 7 rings (SSSR count). The summed E-state index contributed by atoms with van der Waals surface area (Å²) in [5.41, 5.74) is 5.08. The summed E-state index contributed by atoms with van der Waals surface area (Å²) in [6.07, 6.45) is 15.5. The number of piperidine rings is 1. The largest absolute Gasteiger partial charge is 0.481 e. The van der Waals surface area contributed by atoms with Crippen molar-refractivity contribution in [2.45, 2.75) is 50.6 Å². The number of hydrogen-bond acceptors (Lipinski definition) is 10. The SMILES string of the molecule is COc1ccc(NC2CCN(c3ccc(-c4nc(-c5cnn(C6CCC(=O)CC6)c5)cn5ncc(C#N)c45)cn3)CC2)cn1. The summed E-state index contributed by atoms with van der Waals surface area (Å²) in [6, 6.07) is 10.7. The Morgan fingerprint density at radius 3 is 2.48 bits per heavy atom. The molecule has 2 aliphatic rings. The average Bonchev–Trinajstić information content (AvgIpc) is 3.73. The van der Waals surface area contributed by atoms with E-state index >= 15 is 0 Å². The van der Waals surface area contributed by atoms with Gasteiger partial charge in [-0.3, -0.25) is 9.48 Å². The van der Waals surface area contributed by atoms with E-state index in [0.29, 0.717) is 53.0 Å². The zero-order valence-corrected chi connectivity index (χ0v) is 24.4. The van der Waals surface area contributed by atoms with E-state index in [4.69, 9.17) is 14.7 Å². The number of nitrogens with one attached hydrogen (secondary N) is 1. The number of nitriles is 1. The summed E-state index contributed by atoms with van der Waals surface area (Å²) in [4.78, 5) is 28.1. The normalized spacial score (nSPS) is 16.3. The summed E-state index contributed by atoms with van der Waals surface area (Å²) < 4.78 is 8.80. The summed E-state index contributed by atoms with van der Waals surface area (Å²) in [6.45, 7) is 1.76. The smallest absolute Gasteiger partial charge is 0.213 e. The van der Waals surface area contributed by atoms with E-state index < -0.39 is 0 Å². The molecule has 0 spiro atoms. The molecule has 1 saturated heterocycles. The zero-order chi connectivity index (χ0) is 30.0. The van der Waals surface area contributed by atoms with Gasteiger partial charge < -0.3 is 15.0 Å². The number of rotatable bonds is 7. The number of ketones is 1. The topological polar surface area (TPSA) is 139 Å². The number of ether oxygens (including phenoxy) is 1. The predicted molar refractivity (Wildman–Crippen MR) is 164 cm³/mol. The van der Waals surface area contributed by atoms with Crippen molar-refractivity contribution in [1.29, 1.82) is 5.26 Å². The van der Waals surface area contributed by atoms with Crippen molar-refractivity contribution >= 4 is 22.8 Å². The number of nitrogens with zero attached hydrogens (tertiary/aromatic N) is 9. The van der Waals surface area contributed by atoms with Gasteiger partial charge in [0.05, 0.1) is 55.0 Å². The van der Waals surface area contributed by atoms with Crippen LogP contribution in [0.25, 0.3) is 28.0 Å². The second kappa shape index (κ2) is 11.8. The molecule has 222 valence electrons. The number of Topliss-reactive ketones (excluding diaryl/α,β-unsaturated/α-hetero) is 1. The number of carbonyl (C=O) groups excluding carboxylic acids is 1. The molecule has 1 saturated carbocycles. The quantitative estimate of drug-likeness (QED) is 0.285. The molecule has 5 aromatic heterocycles. The van der Waals surface area contributed by atoms with Gasteiger partial charge in [0, 0.05) is 61.6 Å². The maximum atomic E-state index is 11.7. The molecular weight excluding hydrogens is 556 g/mol. The van der Waals surface area contributed by atoms with Crippen molar-refractivity contribution in [3.8, 4) is 34.5 Å². The van der Waals surface area contributed by atoms with Crippen molar-refractivity contribution in [2.24, 2.45) is 0 Å². The third-order valence-electron chi connectivity index (χ3n) is 8.56. The van der Waals surface area contributed by atoms with Crippen molar-refractivity contribution in [3.63, 3.8) is 0 Å². The van der Waals surface area contributed by atoms with Crippen LogP contribution in [0.15, 0.2) is 61.4 Å². The molecule has 0 bridgehead atoms. The van der Waals surface area contributed by atoms with E-state index in [0.717, 1.165) is 61.4 Å². The highest BCUT2D eigenvalue weighted by atomic mass is 16.5. The van der Waals surface area contributed by atoms with Crippen LogP contribution in [0.5, 0.6) is 5.88 Å². The first kappa shape index (κ1) is 27.5. The Labute approximate surface area is 254 Å². The zero-order valence-electron chi connectivity index (χ0n) is 24.4. The first-order chi connectivity index (χ1) is 21.6. The van der Waals surface area contributed by atoms with Crippen LogP contribution in [0.4, 0.5) is 11.5 Å². The summed E-state index contributed by atoms with van der Waals surface area (Å²) in [7, 11) is 1.61. The number of hydrogen-bond donors (Lipinski definition) is 1. The molecule has 6 heterocycles. The molecule has 0 aromatic carbocycles. The van der Waals surface area contributed by atoms with E-state index in [1.807, 2.05) is 47.5 Å². The Morgan fingerprint density at radius 1 is 0.932 bits per heavy atom. The second-order valence-corrected chi connectivity index (χ2v) is 11.3. The molecule has 0 atom stereocenters. The maximum absolute atomic E-state index is 11.7. The van der Waals surface area contributed by atoms with Crippen molar-refractivity contribution < 1.29 is 9.53 Å². The van der Waals surface area contributed by atoms with Crippen LogP contribution in [0.2, 0.25) is 0 Å². The minimum absolute atomic E-state index is 0.205. The maximum Gasteiger partial charge on any atom is 0.213 e. The molecule has 0 radical (unpaired) electrons. The fourth-order valence-electron chi connectivity index (χ4n) is 6.08. The van der Waals surface area contributed by atoms with Gasteiger partial charge in [-0.2, -0.15) is 15.5 Å². The Morgan fingerprint density at radius 2 is 1.77 bits per heavy atom. The molecule has 0 unspecified atom stereocenters. The lowest BCUT2D eigenvalue weighted by Gasteiger charge is -2.33. The van der Waals surface area contributed by atoms with Crippen LogP contribution in [0, 0.1) is 11.3 Å². The monoisotopic (exact) mass is 588 g/mol. The van der Waals surface area contributed by atoms with Crippen LogP contribution in [0.3, 0.4) is 0 Å². The van der Waals surface area contributed by atoms with Crippen LogP contribution in [-0.4, -0.2) is 66.4 Å². The lowest BCUT2D eigenvalue weighted by Crippen LogP contribution is -2.39. The van der Waals surface area contributed by atoms with Gasteiger partial charge in [0.25, 0.3) is 0 Å². The van der Waals surface area contributed by atoms with Gasteiger partial charge in [-0.1, -0.05) is 0 Å². The third-order valence-corrected chi connectivity index (χ3v) is 8.56. The lowest BCUT2D eigenvalue weighted by atomic mass is 9.94. The molecule has 44 heavy (non-hydrogen) atoms. The molecule has 1 N–H and O–H groups in total. The summed E-state index contributed by atoms with van der Waals surface area (Å²) >= 11 is 0. The first-order valence-electron chi connectivity index (χ1n) is 14.9. The molecule has 12 heteroatoms. The highest BCUT2D eigenvalue weighted by Crippen LogP contribution is 2.32. The summed E-state index contributed by atoms with van der Waals surface area (Å²) in [5.74, 6) is 1.83. The third kappa shape index (κ3) is 5.44. The number of pyridine rings is 2. The van der Waals surface area contributed by atoms with E-state index in [2.05, 4.69) is 31.5 Å². The number of carbonyl (C=O) groups is 1. The molecule has 0 amide bonds. The van der Waals surface area contributed by atoms with E-state index in [1.165, 1.54) is 0 Å². The highest BCUT2D eigenvalue weighted by Gasteiger charge is 2.23. The lowest BCUT2D eigenvalue weighted by molar-refractivity contribution is -0.120. The van der Waals surface area contributed by atoms with Gasteiger partial charge in [-0.25, -0.2) is 19.5 Å². The van der Waals surface area contributed by atoms with Crippen LogP contribution >= 0.6 is 0 Å². The number of anilines is 2. The van der Waals surface area contributed by atoms with Crippen molar-refractivity contribution in [3.05, 3.63) is 67.0 Å². The fourth-order valence-corrected chi connectivity index (χ4v) is 6.08. The second-order valence-electron chi connectivity index (χ2n) is 11.3. The van der Waals surface area contributed by atoms with E-state index in [1.54, 1.807) is 30.2 Å². The van der Waals surface area contributed by atoms with Gasteiger partial charge in [0.15, 0.2) is 0 Å². The molecule has 12 nitrogen and oxygen atoms in total. The first-order valence-corrected chi connectivity index (χ1v) is 14.9. The molecule has 1 aliphatic heterocycles.